The van der Waals surface area contributed by atoms with E-state index < -0.39 is 12.0 Å². The third-order valence-corrected chi connectivity index (χ3v) is 1.51. The molecular formula is C5H10N2O3S. The van der Waals surface area contributed by atoms with Crippen molar-refractivity contribution in [2.24, 2.45) is 10.3 Å². The maximum absolute atomic E-state index is 10.7. The first kappa shape index (κ1) is 10.4. The van der Waals surface area contributed by atoms with E-state index in [1.54, 1.807) is 6.92 Å². The van der Waals surface area contributed by atoms with Crippen LogP contribution in [0, 0.1) is 4.91 Å². The normalized spacial score (nSPS) is 12.2. The number of ether oxygens (including phenoxy) is 1. The van der Waals surface area contributed by atoms with Crippen LogP contribution in [0.3, 0.4) is 0 Å². The molecule has 0 amide bonds. The molecule has 5 nitrogen and oxygen atoms in total. The average molecular weight is 179 g/mol. The fourth-order valence-electron chi connectivity index (χ4n) is 0.428. The summed E-state index contributed by atoms with van der Waals surface area (Å²) in [6, 6.07) is -0.752. The molecule has 0 aromatic carbocycles. The quantitative estimate of drug-likeness (QED) is 0.284. The van der Waals surface area contributed by atoms with Gasteiger partial charge in [0.2, 0.25) is 0 Å². The van der Waals surface area contributed by atoms with Gasteiger partial charge in [-0.25, -0.2) is 0 Å². The molecule has 1 atom stereocenters. The molecule has 64 valence electrons. The minimum absolute atomic E-state index is 0.169. The van der Waals surface area contributed by atoms with E-state index in [1.807, 2.05) is 0 Å². The number of esters is 1. The molecule has 0 aliphatic carbocycles. The van der Waals surface area contributed by atoms with E-state index in [0.29, 0.717) is 18.6 Å². The predicted molar refractivity (Wildman–Crippen MR) is 42.9 cm³/mol. The molecule has 0 spiro atoms. The Morgan fingerprint density at radius 3 is 2.91 bits per heavy atom. The summed E-state index contributed by atoms with van der Waals surface area (Å²) < 4.78 is 7.08. The predicted octanol–water partition coefficient (Wildman–Crippen LogP) is 0.291. The number of nitrogens with two attached hydrogens (primary N) is 1. The molecular weight excluding hydrogens is 169 g/mol. The zero-order chi connectivity index (χ0) is 8.69. The first-order valence-electron chi connectivity index (χ1n) is 3.09. The molecule has 0 aromatic heterocycles. The zero-order valence-corrected chi connectivity index (χ0v) is 6.97. The summed E-state index contributed by atoms with van der Waals surface area (Å²) in [7, 11) is 0. The molecule has 6 heteroatoms. The van der Waals surface area contributed by atoms with Gasteiger partial charge in [0, 0.05) is 22.3 Å². The van der Waals surface area contributed by atoms with Crippen LogP contribution in [-0.4, -0.2) is 24.4 Å². The molecule has 2 N–H and O–H groups in total. The molecule has 0 aliphatic rings. The minimum atomic E-state index is -0.752. The summed E-state index contributed by atoms with van der Waals surface area (Å²) in [4.78, 5) is 20.3. The molecule has 0 unspecified atom stereocenters. The van der Waals surface area contributed by atoms with Gasteiger partial charge < -0.3 is 10.5 Å². The zero-order valence-electron chi connectivity index (χ0n) is 6.15. The lowest BCUT2D eigenvalue weighted by Gasteiger charge is -2.06. The van der Waals surface area contributed by atoms with Gasteiger partial charge >= 0.3 is 5.97 Å². The molecule has 0 saturated carbocycles. The molecule has 0 radical (unpaired) electrons. The van der Waals surface area contributed by atoms with Crippen molar-refractivity contribution in [3.8, 4) is 0 Å². The van der Waals surface area contributed by atoms with Gasteiger partial charge in [0.25, 0.3) is 0 Å². The molecule has 0 saturated heterocycles. The van der Waals surface area contributed by atoms with Crippen molar-refractivity contribution in [2.75, 3.05) is 12.4 Å². The third kappa shape index (κ3) is 4.74. The van der Waals surface area contributed by atoms with Gasteiger partial charge in [-0.05, 0) is 6.92 Å². The summed E-state index contributed by atoms with van der Waals surface area (Å²) in [5.41, 5.74) is 5.30. The monoisotopic (exact) mass is 179 g/mol. The van der Waals surface area contributed by atoms with Crippen molar-refractivity contribution < 1.29 is 9.53 Å². The highest BCUT2D eigenvalue weighted by Crippen LogP contribution is 2.02. The van der Waals surface area contributed by atoms with Crippen LogP contribution < -0.4 is 5.73 Å². The Morgan fingerprint density at radius 2 is 2.45 bits per heavy atom. The highest BCUT2D eigenvalue weighted by Gasteiger charge is 2.14. The molecule has 0 aliphatic heterocycles. The van der Waals surface area contributed by atoms with Gasteiger partial charge in [0.1, 0.15) is 6.04 Å². The van der Waals surface area contributed by atoms with Gasteiger partial charge in [-0.3, -0.25) is 4.79 Å². The van der Waals surface area contributed by atoms with E-state index in [9.17, 15) is 9.70 Å². The van der Waals surface area contributed by atoms with Gasteiger partial charge in [-0.15, -0.1) is 4.91 Å². The van der Waals surface area contributed by atoms with Crippen LogP contribution in [0.5, 0.6) is 0 Å². The largest absolute Gasteiger partial charge is 0.465 e. The summed E-state index contributed by atoms with van der Waals surface area (Å²) in [5.74, 6) is -0.328. The van der Waals surface area contributed by atoms with Gasteiger partial charge in [-0.1, -0.05) is 0 Å². The second-order valence-corrected chi connectivity index (χ2v) is 2.47. The smallest absolute Gasteiger partial charge is 0.323 e. The van der Waals surface area contributed by atoms with E-state index in [2.05, 4.69) is 9.32 Å². The van der Waals surface area contributed by atoms with Crippen LogP contribution in [0.2, 0.25) is 0 Å². The first-order chi connectivity index (χ1) is 5.22. The van der Waals surface area contributed by atoms with E-state index in [0.717, 1.165) is 0 Å². The fourth-order valence-corrected chi connectivity index (χ4v) is 0.786. The maximum atomic E-state index is 10.7. The summed E-state index contributed by atoms with van der Waals surface area (Å²) in [6.07, 6.45) is 0. The van der Waals surface area contributed by atoms with Crippen molar-refractivity contribution in [1.82, 2.24) is 0 Å². The lowest BCUT2D eigenvalue weighted by atomic mass is 10.4. The molecule has 0 fully saturated rings. The summed E-state index contributed by atoms with van der Waals surface area (Å²) in [5, 5.41) is 0. The van der Waals surface area contributed by atoms with Crippen molar-refractivity contribution in [1.29, 1.82) is 0 Å². The third-order valence-electron chi connectivity index (χ3n) is 0.896. The number of nitroso groups, excluding NO2 is 1. The Balaban J connectivity index is 3.54. The van der Waals surface area contributed by atoms with Gasteiger partial charge in [-0.2, -0.15) is 0 Å². The van der Waals surface area contributed by atoms with Crippen molar-refractivity contribution in [3.05, 3.63) is 4.91 Å². The summed E-state index contributed by atoms with van der Waals surface area (Å²) >= 11 is 0.714. The lowest BCUT2D eigenvalue weighted by Crippen LogP contribution is -2.34. The molecule has 0 rings (SSSR count). The highest BCUT2D eigenvalue weighted by molar-refractivity contribution is 7.97. The number of rotatable bonds is 5. The Bertz CT molecular complexity index is 142. The standard InChI is InChI=1S/C5H10N2O3S/c1-2-10-5(8)4(6)3-11-7-9/h4H,2-3,6H2,1H3/t4-/m0/s1/i7+1. The van der Waals surface area contributed by atoms with Gasteiger partial charge in [0.15, 0.2) is 0 Å². The van der Waals surface area contributed by atoms with Crippen LogP contribution in [0.15, 0.2) is 4.58 Å². The van der Waals surface area contributed by atoms with E-state index >= 15 is 0 Å². The van der Waals surface area contributed by atoms with Crippen molar-refractivity contribution in [3.63, 3.8) is 0 Å². The maximum Gasteiger partial charge on any atom is 0.323 e. The van der Waals surface area contributed by atoms with Crippen LogP contribution in [0.4, 0.5) is 0 Å². The number of carbonyl (C=O) groups excluding carboxylic acids is 1. The van der Waals surface area contributed by atoms with Crippen LogP contribution in [0.25, 0.3) is 0 Å². The number of nitrogens with zero attached hydrogens (tertiary/aromatic N) is 1. The second kappa shape index (κ2) is 6.11. The average Bonchev–Trinajstić information content (AvgIpc) is 2.00. The topological polar surface area (TPSA) is 81.8 Å². The number of hydrogen-bond acceptors (Lipinski definition) is 6. The Hall–Kier alpha value is -0.620. The minimum Gasteiger partial charge on any atom is -0.465 e. The Labute approximate surface area is 68.8 Å². The van der Waals surface area contributed by atoms with Crippen molar-refractivity contribution >= 4 is 17.9 Å². The van der Waals surface area contributed by atoms with E-state index in [1.165, 1.54) is 0 Å². The second-order valence-electron chi connectivity index (χ2n) is 1.73. The molecule has 0 heterocycles. The SMILES string of the molecule is CCOC(=O)[C@@H](N)CS[15N]=O. The summed E-state index contributed by atoms with van der Waals surface area (Å²) in [6.45, 7) is 1.99. The molecule has 0 bridgehead atoms. The van der Waals surface area contributed by atoms with Crippen LogP contribution in [0.1, 0.15) is 6.92 Å². The van der Waals surface area contributed by atoms with Crippen molar-refractivity contribution in [2.45, 2.75) is 13.0 Å². The van der Waals surface area contributed by atoms with Crippen LogP contribution >= 0.6 is 11.9 Å². The molecule has 11 heavy (non-hydrogen) atoms. The molecule has 0 aromatic rings. The Morgan fingerprint density at radius 1 is 1.82 bits per heavy atom. The van der Waals surface area contributed by atoms with E-state index in [4.69, 9.17) is 5.73 Å². The number of hydrogen-bond donors (Lipinski definition) is 1. The van der Waals surface area contributed by atoms with Gasteiger partial charge in [0.05, 0.1) is 6.61 Å². The lowest BCUT2D eigenvalue weighted by molar-refractivity contribution is -0.144. The highest BCUT2D eigenvalue weighted by atomic mass is 32.2. The van der Waals surface area contributed by atoms with E-state index in [-0.39, 0.29) is 5.75 Å². The van der Waals surface area contributed by atoms with Crippen LogP contribution in [-0.2, 0) is 9.53 Å². The Kier molecular flexibility index (Phi) is 5.77. The number of carbonyl (C=O) groups is 1. The first-order valence-corrected chi connectivity index (χ1v) is 4.03. The fraction of sp³-hybridized carbons (Fsp3) is 0.800.